The predicted octanol–water partition coefficient (Wildman–Crippen LogP) is -2.40. The minimum atomic E-state index is -0.978. The lowest BCUT2D eigenvalue weighted by Gasteiger charge is -2.31. The molecule has 1 aromatic rings. The van der Waals surface area contributed by atoms with Gasteiger partial charge in [0.05, 0.1) is 20.1 Å². The van der Waals surface area contributed by atoms with Crippen molar-refractivity contribution < 1.29 is 14.7 Å². The number of carbonyl (C=O) groups is 2. The summed E-state index contributed by atoms with van der Waals surface area (Å²) in [5.41, 5.74) is 0. The smallest absolute Gasteiger partial charge is 0.322 e. The normalized spacial score (nSPS) is 21.2. The van der Waals surface area contributed by atoms with E-state index in [1.54, 1.807) is 7.05 Å². The Balaban J connectivity index is 2.09. The van der Waals surface area contributed by atoms with Gasteiger partial charge in [-0.05, 0) is 5.21 Å². The largest absolute Gasteiger partial charge is 0.480 e. The van der Waals surface area contributed by atoms with Gasteiger partial charge in [0, 0.05) is 6.54 Å². The van der Waals surface area contributed by atoms with E-state index in [1.165, 1.54) is 9.70 Å². The van der Waals surface area contributed by atoms with Crippen molar-refractivity contribution in [1.82, 2.24) is 30.4 Å². The van der Waals surface area contributed by atoms with Gasteiger partial charge in [-0.15, -0.1) is 10.2 Å². The van der Waals surface area contributed by atoms with E-state index in [-0.39, 0.29) is 25.5 Å². The highest BCUT2D eigenvalue weighted by atomic mass is 16.4. The van der Waals surface area contributed by atoms with Crippen molar-refractivity contribution >= 4 is 11.9 Å². The summed E-state index contributed by atoms with van der Waals surface area (Å²) in [6, 6.07) is -0.753. The molecule has 1 aliphatic rings. The number of aliphatic carboxylic acids is 1. The van der Waals surface area contributed by atoms with E-state index in [4.69, 9.17) is 5.11 Å². The highest BCUT2D eigenvalue weighted by molar-refractivity contribution is 5.83. The lowest BCUT2D eigenvalue weighted by atomic mass is 10.2. The van der Waals surface area contributed by atoms with E-state index in [2.05, 4.69) is 20.7 Å². The van der Waals surface area contributed by atoms with Crippen molar-refractivity contribution in [3.8, 4) is 0 Å². The molecule has 92 valence electrons. The van der Waals surface area contributed by atoms with Crippen molar-refractivity contribution in [3.63, 3.8) is 0 Å². The third-order valence-corrected chi connectivity index (χ3v) is 2.46. The summed E-state index contributed by atoms with van der Waals surface area (Å²) >= 11 is 0. The first-order valence-electron chi connectivity index (χ1n) is 5.02. The van der Waals surface area contributed by atoms with E-state index in [0.29, 0.717) is 5.82 Å². The van der Waals surface area contributed by atoms with Crippen LogP contribution >= 0.6 is 0 Å². The molecule has 17 heavy (non-hydrogen) atoms. The first-order chi connectivity index (χ1) is 8.06. The van der Waals surface area contributed by atoms with Gasteiger partial charge in [-0.2, -0.15) is 4.80 Å². The third-order valence-electron chi connectivity index (χ3n) is 2.46. The lowest BCUT2D eigenvalue weighted by Crippen LogP contribution is -2.57. The first kappa shape index (κ1) is 11.5. The molecule has 9 nitrogen and oxygen atoms in total. The van der Waals surface area contributed by atoms with E-state index >= 15 is 0 Å². The summed E-state index contributed by atoms with van der Waals surface area (Å²) in [7, 11) is 1.62. The zero-order valence-electron chi connectivity index (χ0n) is 9.20. The molecule has 0 aromatic carbocycles. The van der Waals surface area contributed by atoms with Crippen molar-refractivity contribution in [1.29, 1.82) is 0 Å². The van der Waals surface area contributed by atoms with Gasteiger partial charge in [0.15, 0.2) is 5.82 Å². The van der Waals surface area contributed by atoms with Crippen molar-refractivity contribution in [2.24, 2.45) is 7.05 Å². The molecule has 1 aliphatic heterocycles. The molecule has 1 amide bonds. The van der Waals surface area contributed by atoms with Gasteiger partial charge in [-0.25, -0.2) is 0 Å². The Morgan fingerprint density at radius 1 is 1.65 bits per heavy atom. The van der Waals surface area contributed by atoms with E-state index in [9.17, 15) is 9.59 Å². The van der Waals surface area contributed by atoms with Gasteiger partial charge in [0.25, 0.3) is 0 Å². The van der Waals surface area contributed by atoms with Gasteiger partial charge in [-0.3, -0.25) is 14.5 Å². The molecule has 2 rings (SSSR count). The number of carboxylic acids is 1. The van der Waals surface area contributed by atoms with Gasteiger partial charge < -0.3 is 10.4 Å². The number of rotatable bonds is 3. The standard InChI is InChI=1S/C8H12N6O3/c1-13-11-6(10-12-13)3-14-4-7(15)9-2-5(14)8(16)17/h5H,2-4H2,1H3,(H,9,15)(H,16,17). The Morgan fingerprint density at radius 3 is 3.00 bits per heavy atom. The van der Waals surface area contributed by atoms with Crippen LogP contribution in [0.15, 0.2) is 0 Å². The molecule has 1 fully saturated rings. The molecular formula is C8H12N6O3. The number of nitrogens with one attached hydrogen (secondary N) is 1. The van der Waals surface area contributed by atoms with Crippen molar-refractivity contribution in [2.45, 2.75) is 12.6 Å². The molecule has 0 spiro atoms. The molecule has 0 aliphatic carbocycles. The molecule has 1 aromatic heterocycles. The number of aryl methyl sites for hydroxylation is 1. The van der Waals surface area contributed by atoms with Gasteiger partial charge in [0.1, 0.15) is 6.04 Å². The Morgan fingerprint density at radius 2 is 2.41 bits per heavy atom. The summed E-state index contributed by atoms with van der Waals surface area (Å²) in [5.74, 6) is -0.784. The van der Waals surface area contributed by atoms with Gasteiger partial charge >= 0.3 is 5.97 Å². The molecule has 0 radical (unpaired) electrons. The fourth-order valence-corrected chi connectivity index (χ4v) is 1.67. The average Bonchev–Trinajstić information content (AvgIpc) is 2.63. The highest BCUT2D eigenvalue weighted by Gasteiger charge is 2.32. The second kappa shape index (κ2) is 4.45. The Hall–Kier alpha value is -2.03. The molecule has 0 bridgehead atoms. The number of carbonyl (C=O) groups excluding carboxylic acids is 1. The summed E-state index contributed by atoms with van der Waals surface area (Å²) in [5, 5.41) is 22.9. The highest BCUT2D eigenvalue weighted by Crippen LogP contribution is 2.07. The van der Waals surface area contributed by atoms with Crippen LogP contribution in [-0.4, -0.2) is 61.2 Å². The Kier molecular flexibility index (Phi) is 3.00. The van der Waals surface area contributed by atoms with Crippen LogP contribution in [0.25, 0.3) is 0 Å². The van der Waals surface area contributed by atoms with Crippen LogP contribution in [-0.2, 0) is 23.2 Å². The van der Waals surface area contributed by atoms with Crippen LogP contribution in [0, 0.1) is 0 Å². The van der Waals surface area contributed by atoms with Crippen LogP contribution in [0.3, 0.4) is 0 Å². The summed E-state index contributed by atoms with van der Waals surface area (Å²) in [6.45, 7) is 0.307. The molecule has 0 saturated carbocycles. The fourth-order valence-electron chi connectivity index (χ4n) is 1.67. The maximum absolute atomic E-state index is 11.2. The summed E-state index contributed by atoms with van der Waals surface area (Å²) in [6.07, 6.45) is 0. The second-order valence-corrected chi connectivity index (χ2v) is 3.76. The third kappa shape index (κ3) is 2.56. The minimum absolute atomic E-state index is 0.0230. The molecule has 1 saturated heterocycles. The Bertz CT molecular complexity index is 444. The van der Waals surface area contributed by atoms with Crippen LogP contribution < -0.4 is 5.32 Å². The average molecular weight is 240 g/mol. The number of hydrogen-bond acceptors (Lipinski definition) is 6. The molecule has 1 atom stereocenters. The van der Waals surface area contributed by atoms with Crippen LogP contribution in [0.4, 0.5) is 0 Å². The molecule has 9 heteroatoms. The van der Waals surface area contributed by atoms with Gasteiger partial charge in [0.2, 0.25) is 5.91 Å². The number of hydrogen-bond donors (Lipinski definition) is 2. The lowest BCUT2D eigenvalue weighted by molar-refractivity contribution is -0.146. The number of piperazine rings is 1. The monoisotopic (exact) mass is 240 g/mol. The second-order valence-electron chi connectivity index (χ2n) is 3.76. The van der Waals surface area contributed by atoms with Crippen molar-refractivity contribution in [3.05, 3.63) is 5.82 Å². The van der Waals surface area contributed by atoms with Crippen LogP contribution in [0.1, 0.15) is 5.82 Å². The van der Waals surface area contributed by atoms with E-state index in [0.717, 1.165) is 0 Å². The number of carboxylic acid groups (broad SMARTS) is 1. The molecule has 2 N–H and O–H groups in total. The predicted molar refractivity (Wildman–Crippen MR) is 53.6 cm³/mol. The van der Waals surface area contributed by atoms with Crippen molar-refractivity contribution in [2.75, 3.05) is 13.1 Å². The molecule has 1 unspecified atom stereocenters. The first-order valence-corrected chi connectivity index (χ1v) is 5.02. The zero-order valence-corrected chi connectivity index (χ0v) is 9.20. The van der Waals surface area contributed by atoms with Gasteiger partial charge in [-0.1, -0.05) is 0 Å². The quantitative estimate of drug-likeness (QED) is 0.605. The molecular weight excluding hydrogens is 228 g/mol. The SMILES string of the molecule is Cn1nnc(CN2CC(=O)NCC2C(=O)O)n1. The minimum Gasteiger partial charge on any atom is -0.480 e. The van der Waals surface area contributed by atoms with E-state index in [1.807, 2.05) is 0 Å². The number of nitrogens with zero attached hydrogens (tertiary/aromatic N) is 5. The number of aromatic nitrogens is 4. The zero-order chi connectivity index (χ0) is 12.4. The van der Waals surface area contributed by atoms with Crippen LogP contribution in [0.2, 0.25) is 0 Å². The number of amides is 1. The van der Waals surface area contributed by atoms with Crippen LogP contribution in [0.5, 0.6) is 0 Å². The molecule has 2 heterocycles. The maximum Gasteiger partial charge on any atom is 0.322 e. The number of tetrazole rings is 1. The summed E-state index contributed by atoms with van der Waals surface area (Å²) < 4.78 is 0. The fraction of sp³-hybridized carbons (Fsp3) is 0.625. The van der Waals surface area contributed by atoms with E-state index < -0.39 is 12.0 Å². The summed E-state index contributed by atoms with van der Waals surface area (Å²) in [4.78, 5) is 25.0. The topological polar surface area (TPSA) is 113 Å². The maximum atomic E-state index is 11.2. The Labute approximate surface area is 96.4 Å².